The molecule has 0 aliphatic rings. The lowest BCUT2D eigenvalue weighted by Crippen LogP contribution is -2.48. The Labute approximate surface area is 110 Å². The van der Waals surface area contributed by atoms with E-state index in [1.165, 1.54) is 0 Å². The Morgan fingerprint density at radius 2 is 1.61 bits per heavy atom. The molecular formula is C13H27NO4. The maximum atomic E-state index is 11.3. The Bertz CT molecular complexity index is 215. The van der Waals surface area contributed by atoms with E-state index in [4.69, 9.17) is 14.2 Å². The summed E-state index contributed by atoms with van der Waals surface area (Å²) < 4.78 is 16.0. The summed E-state index contributed by atoms with van der Waals surface area (Å²) in [6.45, 7) is 11.5. The molecule has 0 radical (unpaired) electrons. The van der Waals surface area contributed by atoms with Crippen molar-refractivity contribution in [3.05, 3.63) is 0 Å². The van der Waals surface area contributed by atoms with Crippen molar-refractivity contribution in [2.45, 2.75) is 47.0 Å². The lowest BCUT2D eigenvalue weighted by Gasteiger charge is -2.30. The Morgan fingerprint density at radius 3 is 2.00 bits per heavy atom. The smallest absolute Gasteiger partial charge is 0.319 e. The number of ether oxygens (including phenoxy) is 3. The minimum Gasteiger partial charge on any atom is -0.465 e. The fraction of sp³-hybridized carbons (Fsp3) is 0.923. The molecule has 0 fully saturated rings. The van der Waals surface area contributed by atoms with Crippen molar-refractivity contribution in [1.29, 1.82) is 0 Å². The van der Waals surface area contributed by atoms with Crippen LogP contribution in [0.1, 0.15) is 34.6 Å². The molecule has 5 heteroatoms. The number of carbonyl (C=O) groups excluding carboxylic acids is 1. The van der Waals surface area contributed by atoms with Crippen molar-refractivity contribution in [1.82, 2.24) is 5.32 Å². The molecule has 0 unspecified atom stereocenters. The number of hydrogen-bond acceptors (Lipinski definition) is 5. The molecule has 0 saturated carbocycles. The molecule has 5 nitrogen and oxygen atoms in total. The summed E-state index contributed by atoms with van der Waals surface area (Å²) in [4.78, 5) is 11.3. The fourth-order valence-electron chi connectivity index (χ4n) is 1.64. The van der Waals surface area contributed by atoms with Crippen LogP contribution >= 0.6 is 0 Å². The quantitative estimate of drug-likeness (QED) is 0.478. The highest BCUT2D eigenvalue weighted by Crippen LogP contribution is 2.11. The first kappa shape index (κ1) is 17.4. The maximum absolute atomic E-state index is 11.3. The van der Waals surface area contributed by atoms with E-state index in [1.54, 1.807) is 6.92 Å². The Kier molecular flexibility index (Phi) is 9.92. The van der Waals surface area contributed by atoms with Crippen LogP contribution in [0.5, 0.6) is 0 Å². The lowest BCUT2D eigenvalue weighted by atomic mass is 10.0. The predicted molar refractivity (Wildman–Crippen MR) is 70.3 cm³/mol. The number of hydrogen-bond donors (Lipinski definition) is 1. The van der Waals surface area contributed by atoms with Gasteiger partial charge < -0.3 is 14.2 Å². The number of carbonyl (C=O) groups is 1. The van der Waals surface area contributed by atoms with Crippen LogP contribution < -0.4 is 5.32 Å². The summed E-state index contributed by atoms with van der Waals surface area (Å²) in [7, 11) is 0. The summed E-state index contributed by atoms with van der Waals surface area (Å²) >= 11 is 0. The third-order valence-electron chi connectivity index (χ3n) is 2.46. The predicted octanol–water partition coefficient (Wildman–Crippen LogP) is 1.56. The first-order valence-corrected chi connectivity index (χ1v) is 6.68. The van der Waals surface area contributed by atoms with Gasteiger partial charge in [-0.1, -0.05) is 13.8 Å². The molecule has 0 bridgehead atoms. The van der Waals surface area contributed by atoms with Gasteiger partial charge in [0.2, 0.25) is 0 Å². The first-order valence-electron chi connectivity index (χ1n) is 6.68. The van der Waals surface area contributed by atoms with Crippen LogP contribution in [0, 0.1) is 5.92 Å². The third kappa shape index (κ3) is 6.93. The van der Waals surface area contributed by atoms with E-state index in [1.807, 2.05) is 13.8 Å². The summed E-state index contributed by atoms with van der Waals surface area (Å²) in [6, 6.07) is -0.0330. The molecule has 0 aromatic carbocycles. The van der Waals surface area contributed by atoms with E-state index in [-0.39, 0.29) is 24.8 Å². The second kappa shape index (κ2) is 10.3. The van der Waals surface area contributed by atoms with Crippen molar-refractivity contribution in [3.8, 4) is 0 Å². The molecule has 18 heavy (non-hydrogen) atoms. The Hall–Kier alpha value is -0.650. The number of esters is 1. The van der Waals surface area contributed by atoms with E-state index >= 15 is 0 Å². The van der Waals surface area contributed by atoms with Gasteiger partial charge in [0.1, 0.15) is 0 Å². The molecule has 0 rings (SSSR count). The molecular weight excluding hydrogens is 234 g/mol. The van der Waals surface area contributed by atoms with E-state index in [0.29, 0.717) is 25.7 Å². The minimum absolute atomic E-state index is 0.0330. The Balaban J connectivity index is 4.37. The van der Waals surface area contributed by atoms with Gasteiger partial charge in [-0.2, -0.15) is 0 Å². The van der Waals surface area contributed by atoms with Crippen LogP contribution in [-0.4, -0.2) is 44.7 Å². The molecule has 108 valence electrons. The monoisotopic (exact) mass is 261 g/mol. The zero-order valence-corrected chi connectivity index (χ0v) is 12.2. The molecule has 0 aliphatic heterocycles. The standard InChI is InChI=1S/C13H27NO4/c1-6-16-11(15)9-14-12(10(4)5)13(17-7-2)18-8-3/h10,12-14H,6-9H2,1-5H3/t12-/m1/s1. The minimum atomic E-state index is -0.338. The average molecular weight is 261 g/mol. The van der Waals surface area contributed by atoms with Gasteiger partial charge in [0.05, 0.1) is 19.2 Å². The van der Waals surface area contributed by atoms with Gasteiger partial charge >= 0.3 is 5.97 Å². The first-order chi connectivity index (χ1) is 8.56. The van der Waals surface area contributed by atoms with Gasteiger partial charge in [-0.25, -0.2) is 0 Å². The van der Waals surface area contributed by atoms with Gasteiger partial charge in [-0.05, 0) is 26.7 Å². The summed E-state index contributed by atoms with van der Waals surface area (Å²) in [5.41, 5.74) is 0. The lowest BCUT2D eigenvalue weighted by molar-refractivity contribution is -0.162. The van der Waals surface area contributed by atoms with E-state index < -0.39 is 0 Å². The Morgan fingerprint density at radius 1 is 1.06 bits per heavy atom. The van der Waals surface area contributed by atoms with Crippen molar-refractivity contribution in [2.75, 3.05) is 26.4 Å². The van der Waals surface area contributed by atoms with Crippen LogP contribution in [0.15, 0.2) is 0 Å². The number of nitrogens with one attached hydrogen (secondary N) is 1. The summed E-state index contributed by atoms with van der Waals surface area (Å²) in [5.74, 6) is 0.0393. The van der Waals surface area contributed by atoms with E-state index in [2.05, 4.69) is 19.2 Å². The normalized spacial score (nSPS) is 13.1. The molecule has 0 amide bonds. The van der Waals surface area contributed by atoms with Gasteiger partial charge in [0.15, 0.2) is 6.29 Å². The largest absolute Gasteiger partial charge is 0.465 e. The molecule has 1 N–H and O–H groups in total. The summed E-state index contributed by atoms with van der Waals surface area (Å²) in [5, 5.41) is 3.15. The molecule has 0 aromatic rings. The highest BCUT2D eigenvalue weighted by Gasteiger charge is 2.25. The highest BCUT2D eigenvalue weighted by molar-refractivity contribution is 5.71. The topological polar surface area (TPSA) is 56.8 Å². The van der Waals surface area contributed by atoms with Crippen LogP contribution in [0.2, 0.25) is 0 Å². The molecule has 0 saturated heterocycles. The second-order valence-electron chi connectivity index (χ2n) is 4.23. The van der Waals surface area contributed by atoms with Gasteiger partial charge in [0.25, 0.3) is 0 Å². The molecule has 0 aromatic heterocycles. The average Bonchev–Trinajstić information content (AvgIpc) is 2.29. The van der Waals surface area contributed by atoms with Crippen LogP contribution in [0.25, 0.3) is 0 Å². The maximum Gasteiger partial charge on any atom is 0.319 e. The van der Waals surface area contributed by atoms with Crippen molar-refractivity contribution < 1.29 is 19.0 Å². The van der Waals surface area contributed by atoms with Gasteiger partial charge in [0, 0.05) is 13.2 Å². The number of rotatable bonds is 10. The second-order valence-corrected chi connectivity index (χ2v) is 4.23. The SMILES string of the molecule is CCOC(=O)CN[C@H](C(C)C)C(OCC)OCC. The van der Waals surface area contributed by atoms with E-state index in [9.17, 15) is 4.79 Å². The van der Waals surface area contributed by atoms with Gasteiger partial charge in [-0.3, -0.25) is 10.1 Å². The van der Waals surface area contributed by atoms with Gasteiger partial charge in [-0.15, -0.1) is 0 Å². The van der Waals surface area contributed by atoms with Crippen LogP contribution in [-0.2, 0) is 19.0 Å². The molecule has 0 spiro atoms. The summed E-state index contributed by atoms with van der Waals surface area (Å²) in [6.07, 6.45) is -0.338. The van der Waals surface area contributed by atoms with Crippen molar-refractivity contribution >= 4 is 5.97 Å². The van der Waals surface area contributed by atoms with Crippen LogP contribution in [0.4, 0.5) is 0 Å². The zero-order valence-electron chi connectivity index (χ0n) is 12.2. The molecule has 0 aliphatic carbocycles. The molecule has 1 atom stereocenters. The zero-order chi connectivity index (χ0) is 14.0. The van der Waals surface area contributed by atoms with E-state index in [0.717, 1.165) is 0 Å². The molecule has 0 heterocycles. The van der Waals surface area contributed by atoms with Crippen LogP contribution in [0.3, 0.4) is 0 Å². The third-order valence-corrected chi connectivity index (χ3v) is 2.46. The fourth-order valence-corrected chi connectivity index (χ4v) is 1.64. The van der Waals surface area contributed by atoms with Crippen molar-refractivity contribution in [2.24, 2.45) is 5.92 Å². The highest BCUT2D eigenvalue weighted by atomic mass is 16.7. The van der Waals surface area contributed by atoms with Crippen molar-refractivity contribution in [3.63, 3.8) is 0 Å².